The minimum Gasteiger partial charge on any atom is -0.481 e. The van der Waals surface area contributed by atoms with Crippen molar-refractivity contribution in [1.29, 1.82) is 0 Å². The van der Waals surface area contributed by atoms with Crippen molar-refractivity contribution in [3.63, 3.8) is 0 Å². The molecule has 32 heavy (non-hydrogen) atoms. The lowest BCUT2D eigenvalue weighted by Crippen LogP contribution is -2.43. The second-order valence-corrected chi connectivity index (χ2v) is 10.8. The monoisotopic (exact) mass is 456 g/mol. The maximum Gasteiger partial charge on any atom is 0.314 e. The number of aromatic nitrogens is 2. The average Bonchev–Trinajstić information content (AvgIpc) is 3.71. The number of hydrogen-bond donors (Lipinski definition) is 2. The molecule has 3 aliphatic rings. The normalized spacial score (nSPS) is 20.3. The van der Waals surface area contributed by atoms with E-state index in [1.54, 1.807) is 11.3 Å². The molecule has 0 spiro atoms. The second-order valence-electron chi connectivity index (χ2n) is 9.82. The summed E-state index contributed by atoms with van der Waals surface area (Å²) >= 11 is 1.62. The molecule has 1 saturated heterocycles. The van der Waals surface area contributed by atoms with Crippen LogP contribution in [-0.2, 0) is 14.9 Å². The van der Waals surface area contributed by atoms with E-state index in [4.69, 9.17) is 4.74 Å². The van der Waals surface area contributed by atoms with Crippen LogP contribution in [0.25, 0.3) is 0 Å². The molecule has 0 radical (unpaired) electrons. The van der Waals surface area contributed by atoms with Crippen molar-refractivity contribution in [2.45, 2.75) is 69.7 Å². The Morgan fingerprint density at radius 2 is 2.00 bits per heavy atom. The molecule has 2 heterocycles. The number of rotatable bonds is 9. The smallest absolute Gasteiger partial charge is 0.314 e. The van der Waals surface area contributed by atoms with E-state index >= 15 is 0 Å². The van der Waals surface area contributed by atoms with Crippen LogP contribution in [-0.4, -0.2) is 47.1 Å². The fraction of sp³-hybridized carbons (Fsp3) is 0.625. The van der Waals surface area contributed by atoms with E-state index in [2.05, 4.69) is 40.3 Å². The van der Waals surface area contributed by atoms with E-state index in [9.17, 15) is 9.90 Å². The van der Waals surface area contributed by atoms with E-state index in [1.165, 1.54) is 12.8 Å². The molecular formula is C24H32N4O3S. The van der Waals surface area contributed by atoms with Gasteiger partial charge in [0.25, 0.3) is 0 Å². The van der Waals surface area contributed by atoms with Crippen LogP contribution in [0.15, 0.2) is 18.2 Å². The number of nitrogens with one attached hydrogen (secondary N) is 1. The Hall–Kier alpha value is -2.19. The summed E-state index contributed by atoms with van der Waals surface area (Å²) in [6.45, 7) is 6.80. The number of hydrogen-bond acceptors (Lipinski definition) is 7. The zero-order valence-electron chi connectivity index (χ0n) is 18.8. The van der Waals surface area contributed by atoms with Crippen molar-refractivity contribution in [2.24, 2.45) is 5.92 Å². The van der Waals surface area contributed by atoms with E-state index in [-0.39, 0.29) is 0 Å². The van der Waals surface area contributed by atoms with Gasteiger partial charge < -0.3 is 20.1 Å². The fourth-order valence-electron chi connectivity index (χ4n) is 4.77. The number of ether oxygens (including phenoxy) is 1. The average molecular weight is 457 g/mol. The summed E-state index contributed by atoms with van der Waals surface area (Å²) in [7, 11) is 0. The van der Waals surface area contributed by atoms with Crippen molar-refractivity contribution >= 4 is 33.8 Å². The Bertz CT molecular complexity index is 977. The lowest BCUT2D eigenvalue weighted by molar-refractivity contribution is -0.140. The summed E-state index contributed by atoms with van der Waals surface area (Å²) in [5.41, 5.74) is 2.10. The second kappa shape index (κ2) is 8.63. The summed E-state index contributed by atoms with van der Waals surface area (Å²) in [5, 5.41) is 24.3. The molecule has 1 aliphatic heterocycles. The first-order valence-electron chi connectivity index (χ1n) is 11.8. The topological polar surface area (TPSA) is 87.6 Å². The lowest BCUT2D eigenvalue weighted by Gasteiger charge is -2.40. The SMILES string of the molecule is CC(C)CN(c1c(Nc2nnc(C3CC3)s2)cccc1C1(C(=O)O)CC1)C1CCOCC1. The van der Waals surface area contributed by atoms with Gasteiger partial charge in [-0.1, -0.05) is 37.3 Å². The Morgan fingerprint density at radius 1 is 1.25 bits per heavy atom. The predicted octanol–water partition coefficient (Wildman–Crippen LogP) is 4.92. The fourth-order valence-corrected chi connectivity index (χ4v) is 5.70. The highest BCUT2D eigenvalue weighted by molar-refractivity contribution is 7.15. The van der Waals surface area contributed by atoms with Gasteiger partial charge in [-0.3, -0.25) is 4.79 Å². The molecule has 2 saturated carbocycles. The van der Waals surface area contributed by atoms with Gasteiger partial charge in [0, 0.05) is 31.7 Å². The molecule has 8 heteroatoms. The summed E-state index contributed by atoms with van der Waals surface area (Å²) in [6, 6.07) is 6.38. The van der Waals surface area contributed by atoms with Crippen molar-refractivity contribution in [3.8, 4) is 0 Å². The Balaban J connectivity index is 1.58. The number of carboxylic acid groups (broad SMARTS) is 1. The van der Waals surface area contributed by atoms with Gasteiger partial charge in [-0.25, -0.2) is 0 Å². The molecule has 3 fully saturated rings. The summed E-state index contributed by atoms with van der Waals surface area (Å²) in [5.74, 6) is 0.288. The van der Waals surface area contributed by atoms with E-state index in [0.717, 1.165) is 59.7 Å². The zero-order valence-corrected chi connectivity index (χ0v) is 19.7. The molecule has 0 unspecified atom stereocenters. The Morgan fingerprint density at radius 3 is 2.62 bits per heavy atom. The molecule has 1 aromatic heterocycles. The maximum atomic E-state index is 12.3. The molecule has 5 rings (SSSR count). The van der Waals surface area contributed by atoms with Crippen LogP contribution in [0.3, 0.4) is 0 Å². The standard InChI is InChI=1S/C24H32N4O3S/c1-15(2)14-28(17-8-12-31-13-9-17)20-18(24(10-11-24)22(29)30)4-3-5-19(20)25-23-27-26-21(32-23)16-6-7-16/h3-5,15-17H,6-14H2,1-2H3,(H,25,27)(H,29,30). The Labute approximate surface area is 193 Å². The number of carboxylic acids is 1. The minimum atomic E-state index is -0.784. The van der Waals surface area contributed by atoms with Crippen LogP contribution in [0.4, 0.5) is 16.5 Å². The molecule has 0 bridgehead atoms. The van der Waals surface area contributed by atoms with Crippen molar-refractivity contribution < 1.29 is 14.6 Å². The first-order chi connectivity index (χ1) is 15.5. The van der Waals surface area contributed by atoms with Crippen LogP contribution in [0, 0.1) is 5.92 Å². The molecule has 2 aromatic rings. The van der Waals surface area contributed by atoms with Crippen molar-refractivity contribution in [1.82, 2.24) is 10.2 Å². The molecule has 7 nitrogen and oxygen atoms in total. The molecule has 0 amide bonds. The van der Waals surface area contributed by atoms with Gasteiger partial charge in [0.2, 0.25) is 5.13 Å². The zero-order chi connectivity index (χ0) is 22.3. The summed E-state index contributed by atoms with van der Waals surface area (Å²) < 4.78 is 5.64. The van der Waals surface area contributed by atoms with Crippen molar-refractivity contribution in [3.05, 3.63) is 28.8 Å². The highest BCUT2D eigenvalue weighted by Crippen LogP contribution is 2.54. The third-order valence-corrected chi connectivity index (χ3v) is 7.80. The van der Waals surface area contributed by atoms with Crippen molar-refractivity contribution in [2.75, 3.05) is 30.0 Å². The third-order valence-electron chi connectivity index (χ3n) is 6.80. The quantitative estimate of drug-likeness (QED) is 0.554. The molecular weight excluding hydrogens is 424 g/mol. The van der Waals surface area contributed by atoms with Crippen LogP contribution in [0.1, 0.15) is 68.9 Å². The molecule has 172 valence electrons. The van der Waals surface area contributed by atoms with Gasteiger partial charge in [0.05, 0.1) is 16.8 Å². The van der Waals surface area contributed by atoms with Gasteiger partial charge >= 0.3 is 5.97 Å². The summed E-state index contributed by atoms with van der Waals surface area (Å²) in [6.07, 6.45) is 5.67. The number of benzene rings is 1. The lowest BCUT2D eigenvalue weighted by atomic mass is 9.91. The highest BCUT2D eigenvalue weighted by atomic mass is 32.1. The predicted molar refractivity (Wildman–Crippen MR) is 126 cm³/mol. The van der Waals surface area contributed by atoms with E-state index in [0.29, 0.717) is 30.7 Å². The van der Waals surface area contributed by atoms with E-state index < -0.39 is 11.4 Å². The summed E-state index contributed by atoms with van der Waals surface area (Å²) in [4.78, 5) is 14.8. The van der Waals surface area contributed by atoms with Gasteiger partial charge in [-0.2, -0.15) is 0 Å². The Kier molecular flexibility index (Phi) is 5.84. The number of nitrogens with zero attached hydrogens (tertiary/aromatic N) is 3. The van der Waals surface area contributed by atoms with Crippen LogP contribution in [0.2, 0.25) is 0 Å². The van der Waals surface area contributed by atoms with Gasteiger partial charge in [-0.15, -0.1) is 10.2 Å². The van der Waals surface area contributed by atoms with Crippen LogP contribution in [0.5, 0.6) is 0 Å². The van der Waals surface area contributed by atoms with Gasteiger partial charge in [0.1, 0.15) is 5.01 Å². The van der Waals surface area contributed by atoms with Gasteiger partial charge in [-0.05, 0) is 56.1 Å². The third kappa shape index (κ3) is 4.22. The molecule has 2 N–H and O–H groups in total. The molecule has 1 aromatic carbocycles. The minimum absolute atomic E-state index is 0.328. The molecule has 0 atom stereocenters. The van der Waals surface area contributed by atoms with Crippen LogP contribution >= 0.6 is 11.3 Å². The van der Waals surface area contributed by atoms with Crippen LogP contribution < -0.4 is 10.2 Å². The maximum absolute atomic E-state index is 12.3. The van der Waals surface area contributed by atoms with Gasteiger partial charge in [0.15, 0.2) is 0 Å². The number of para-hydroxylation sites is 1. The number of aliphatic carboxylic acids is 1. The van der Waals surface area contributed by atoms with E-state index in [1.807, 2.05) is 12.1 Å². The first-order valence-corrected chi connectivity index (χ1v) is 12.6. The first kappa shape index (κ1) is 21.6. The largest absolute Gasteiger partial charge is 0.481 e. The number of anilines is 3. The highest BCUT2D eigenvalue weighted by Gasteiger charge is 2.54. The molecule has 2 aliphatic carbocycles. The number of carbonyl (C=O) groups is 1.